The molecule has 1 aliphatic heterocycles. The Bertz CT molecular complexity index is 168. The van der Waals surface area contributed by atoms with Crippen LogP contribution in [0.2, 0.25) is 0 Å². The highest BCUT2D eigenvalue weighted by Crippen LogP contribution is 2.14. The van der Waals surface area contributed by atoms with Crippen LogP contribution in [0.15, 0.2) is 0 Å². The summed E-state index contributed by atoms with van der Waals surface area (Å²) in [7, 11) is 0. The van der Waals surface area contributed by atoms with Crippen molar-refractivity contribution in [3.63, 3.8) is 0 Å². The molecule has 0 aromatic rings. The first-order valence-electron chi connectivity index (χ1n) is 4.65. The van der Waals surface area contributed by atoms with Crippen molar-refractivity contribution in [2.75, 3.05) is 13.1 Å². The lowest BCUT2D eigenvalue weighted by atomic mass is 10.2. The molecule has 0 aliphatic carbocycles. The Kier molecular flexibility index (Phi) is 2.95. The van der Waals surface area contributed by atoms with Crippen LogP contribution in [0.25, 0.3) is 0 Å². The molecule has 0 unspecified atom stereocenters. The van der Waals surface area contributed by atoms with Crippen molar-refractivity contribution in [2.24, 2.45) is 5.92 Å². The van der Waals surface area contributed by atoms with Crippen molar-refractivity contribution < 1.29 is 4.79 Å². The van der Waals surface area contributed by atoms with E-state index in [2.05, 4.69) is 12.2 Å². The summed E-state index contributed by atoms with van der Waals surface area (Å²) in [6, 6.07) is 0.336. The van der Waals surface area contributed by atoms with Gasteiger partial charge in [-0.1, -0.05) is 6.92 Å². The van der Waals surface area contributed by atoms with Gasteiger partial charge in [0, 0.05) is 19.1 Å². The van der Waals surface area contributed by atoms with Crippen LogP contribution in [0.5, 0.6) is 0 Å². The van der Waals surface area contributed by atoms with E-state index in [0.717, 1.165) is 19.5 Å². The van der Waals surface area contributed by atoms with Crippen LogP contribution in [0.4, 0.5) is 4.79 Å². The molecular weight excluding hydrogens is 152 g/mol. The normalized spacial score (nSPS) is 23.3. The van der Waals surface area contributed by atoms with Crippen LogP contribution in [0.1, 0.15) is 27.2 Å². The summed E-state index contributed by atoms with van der Waals surface area (Å²) in [5, 5.41) is 2.89. The summed E-state index contributed by atoms with van der Waals surface area (Å²) in [4.78, 5) is 13.3. The highest BCUT2D eigenvalue weighted by atomic mass is 16.2. The molecule has 1 fully saturated rings. The summed E-state index contributed by atoms with van der Waals surface area (Å²) >= 11 is 0. The number of hydrogen-bond donors (Lipinski definition) is 1. The highest BCUT2D eigenvalue weighted by Gasteiger charge is 2.22. The second-order valence-electron chi connectivity index (χ2n) is 3.94. The molecule has 3 nitrogen and oxygen atoms in total. The van der Waals surface area contributed by atoms with Crippen molar-refractivity contribution in [1.29, 1.82) is 0 Å². The SMILES string of the molecule is CC(C)NC(=O)N1CC[C@H](C)C1. The van der Waals surface area contributed by atoms with Gasteiger partial charge in [-0.2, -0.15) is 0 Å². The molecule has 0 bridgehead atoms. The predicted molar refractivity (Wildman–Crippen MR) is 49.0 cm³/mol. The fourth-order valence-corrected chi connectivity index (χ4v) is 1.46. The maximum atomic E-state index is 11.4. The summed E-state index contributed by atoms with van der Waals surface area (Å²) in [6.07, 6.45) is 1.14. The minimum Gasteiger partial charge on any atom is -0.336 e. The van der Waals surface area contributed by atoms with E-state index in [-0.39, 0.29) is 12.1 Å². The first-order valence-corrected chi connectivity index (χ1v) is 4.65. The van der Waals surface area contributed by atoms with Gasteiger partial charge in [0.1, 0.15) is 0 Å². The Morgan fingerprint density at radius 1 is 1.58 bits per heavy atom. The molecule has 70 valence electrons. The third-order valence-electron chi connectivity index (χ3n) is 2.12. The lowest BCUT2D eigenvalue weighted by Crippen LogP contribution is -2.41. The largest absolute Gasteiger partial charge is 0.336 e. The minimum atomic E-state index is 0.0920. The fraction of sp³-hybridized carbons (Fsp3) is 0.889. The van der Waals surface area contributed by atoms with E-state index in [4.69, 9.17) is 0 Å². The molecular formula is C9H18N2O. The highest BCUT2D eigenvalue weighted by molar-refractivity contribution is 5.74. The van der Waals surface area contributed by atoms with E-state index in [9.17, 15) is 4.79 Å². The number of hydrogen-bond acceptors (Lipinski definition) is 1. The Morgan fingerprint density at radius 3 is 2.67 bits per heavy atom. The molecule has 0 aromatic heterocycles. The van der Waals surface area contributed by atoms with E-state index in [1.807, 2.05) is 18.7 Å². The number of amides is 2. The first kappa shape index (κ1) is 9.36. The number of likely N-dealkylation sites (tertiary alicyclic amines) is 1. The standard InChI is InChI=1S/C9H18N2O/c1-7(2)10-9(12)11-5-4-8(3)6-11/h7-8H,4-6H2,1-3H3,(H,10,12)/t8-/m0/s1. The molecule has 0 spiro atoms. The Balaban J connectivity index is 2.33. The second kappa shape index (κ2) is 3.78. The van der Waals surface area contributed by atoms with Crippen LogP contribution in [0.3, 0.4) is 0 Å². The number of carbonyl (C=O) groups excluding carboxylic acids is 1. The van der Waals surface area contributed by atoms with Crippen molar-refractivity contribution in [3.8, 4) is 0 Å². The number of nitrogens with one attached hydrogen (secondary N) is 1. The van der Waals surface area contributed by atoms with Gasteiger partial charge < -0.3 is 10.2 Å². The molecule has 1 rings (SSSR count). The molecule has 3 heteroatoms. The van der Waals surface area contributed by atoms with Crippen molar-refractivity contribution in [2.45, 2.75) is 33.2 Å². The number of rotatable bonds is 1. The minimum absolute atomic E-state index is 0.0920. The number of urea groups is 1. The van der Waals surface area contributed by atoms with Crippen molar-refractivity contribution in [1.82, 2.24) is 10.2 Å². The zero-order valence-electron chi connectivity index (χ0n) is 8.13. The van der Waals surface area contributed by atoms with E-state index in [1.54, 1.807) is 0 Å². The Morgan fingerprint density at radius 2 is 2.25 bits per heavy atom. The number of nitrogens with zero attached hydrogens (tertiary/aromatic N) is 1. The van der Waals surface area contributed by atoms with Crippen LogP contribution < -0.4 is 5.32 Å². The lowest BCUT2D eigenvalue weighted by molar-refractivity contribution is 0.205. The summed E-state index contributed by atoms with van der Waals surface area (Å²) < 4.78 is 0. The van der Waals surface area contributed by atoms with Gasteiger partial charge in [-0.15, -0.1) is 0 Å². The predicted octanol–water partition coefficient (Wildman–Crippen LogP) is 1.45. The van der Waals surface area contributed by atoms with E-state index >= 15 is 0 Å². The van der Waals surface area contributed by atoms with Gasteiger partial charge in [0.2, 0.25) is 0 Å². The Hall–Kier alpha value is -0.730. The maximum Gasteiger partial charge on any atom is 0.317 e. The summed E-state index contributed by atoms with van der Waals surface area (Å²) in [5.74, 6) is 0.669. The van der Waals surface area contributed by atoms with E-state index < -0.39 is 0 Å². The average molecular weight is 170 g/mol. The van der Waals surface area contributed by atoms with Crippen LogP contribution in [0, 0.1) is 5.92 Å². The van der Waals surface area contributed by atoms with Crippen molar-refractivity contribution >= 4 is 6.03 Å². The van der Waals surface area contributed by atoms with Crippen molar-refractivity contribution in [3.05, 3.63) is 0 Å². The monoisotopic (exact) mass is 170 g/mol. The van der Waals surface area contributed by atoms with Gasteiger partial charge in [-0.05, 0) is 26.2 Å². The molecule has 1 saturated heterocycles. The average Bonchev–Trinajstić information content (AvgIpc) is 2.34. The van der Waals surface area contributed by atoms with Gasteiger partial charge in [-0.3, -0.25) is 0 Å². The van der Waals surface area contributed by atoms with Crippen LogP contribution >= 0.6 is 0 Å². The second-order valence-corrected chi connectivity index (χ2v) is 3.94. The zero-order valence-corrected chi connectivity index (χ0v) is 8.13. The van der Waals surface area contributed by atoms with Gasteiger partial charge in [0.05, 0.1) is 0 Å². The molecule has 2 amide bonds. The number of carbonyl (C=O) groups is 1. The fourth-order valence-electron chi connectivity index (χ4n) is 1.46. The first-order chi connectivity index (χ1) is 5.59. The lowest BCUT2D eigenvalue weighted by Gasteiger charge is -2.18. The molecule has 1 heterocycles. The van der Waals surface area contributed by atoms with Crippen LogP contribution in [-0.2, 0) is 0 Å². The molecule has 1 atom stereocenters. The molecule has 0 saturated carbocycles. The molecule has 12 heavy (non-hydrogen) atoms. The third-order valence-corrected chi connectivity index (χ3v) is 2.12. The smallest absolute Gasteiger partial charge is 0.317 e. The molecule has 1 aliphatic rings. The van der Waals surface area contributed by atoms with E-state index in [1.165, 1.54) is 0 Å². The summed E-state index contributed by atoms with van der Waals surface area (Å²) in [5.41, 5.74) is 0. The van der Waals surface area contributed by atoms with Gasteiger partial charge in [0.25, 0.3) is 0 Å². The van der Waals surface area contributed by atoms with Crippen LogP contribution in [-0.4, -0.2) is 30.1 Å². The maximum absolute atomic E-state index is 11.4. The van der Waals surface area contributed by atoms with E-state index in [0.29, 0.717) is 5.92 Å². The van der Waals surface area contributed by atoms with Gasteiger partial charge in [0.15, 0.2) is 0 Å². The third kappa shape index (κ3) is 2.40. The topological polar surface area (TPSA) is 32.3 Å². The van der Waals surface area contributed by atoms with Gasteiger partial charge >= 0.3 is 6.03 Å². The molecule has 0 aromatic carbocycles. The quantitative estimate of drug-likeness (QED) is 0.634. The molecule has 1 N–H and O–H groups in total. The molecule has 0 radical (unpaired) electrons. The van der Waals surface area contributed by atoms with Gasteiger partial charge in [-0.25, -0.2) is 4.79 Å². The Labute approximate surface area is 74.1 Å². The summed E-state index contributed by atoms with van der Waals surface area (Å²) in [6.45, 7) is 7.98. The zero-order chi connectivity index (χ0) is 9.14.